The van der Waals surface area contributed by atoms with Crippen LogP contribution in [0.15, 0.2) is 30.3 Å². The van der Waals surface area contributed by atoms with E-state index in [1.54, 1.807) is 24.3 Å². The molecule has 0 saturated carbocycles. The van der Waals surface area contributed by atoms with Crippen LogP contribution in [0.1, 0.15) is 19.4 Å². The van der Waals surface area contributed by atoms with Crippen LogP contribution in [0.4, 0.5) is 4.79 Å². The quantitative estimate of drug-likeness (QED) is 0.295. The molecule has 1 aromatic carbocycles. The number of ether oxygens (including phenoxy) is 1. The van der Waals surface area contributed by atoms with Gasteiger partial charge in [0.2, 0.25) is 11.8 Å². The minimum atomic E-state index is -1.10. The van der Waals surface area contributed by atoms with Gasteiger partial charge in [0.15, 0.2) is 0 Å². The molecule has 0 bridgehead atoms. The average molecular weight is 442 g/mol. The zero-order chi connectivity index (χ0) is 22.7. The molecule has 0 aromatic heterocycles. The Labute approximate surface area is 178 Å². The van der Waals surface area contributed by atoms with E-state index in [1.165, 1.54) is 13.8 Å². The first kappa shape index (κ1) is 24.7. The smallest absolute Gasteiger partial charge is 0.408 e. The summed E-state index contributed by atoms with van der Waals surface area (Å²) in [7, 11) is 0. The van der Waals surface area contributed by atoms with Crippen LogP contribution < -0.4 is 21.8 Å². The van der Waals surface area contributed by atoms with Gasteiger partial charge < -0.3 is 21.1 Å². The Balaban J connectivity index is 2.50. The molecule has 0 fully saturated rings. The largest absolute Gasteiger partial charge is 0.445 e. The Hall–Kier alpha value is -3.34. The van der Waals surface area contributed by atoms with E-state index in [0.717, 1.165) is 5.56 Å². The number of amides is 5. The number of rotatable bonds is 9. The number of halogens is 1. The summed E-state index contributed by atoms with van der Waals surface area (Å²) in [6, 6.07) is 6.87. The van der Waals surface area contributed by atoms with Crippen LogP contribution >= 0.6 is 11.6 Å². The van der Waals surface area contributed by atoms with Gasteiger partial charge in [0.25, 0.3) is 11.8 Å². The van der Waals surface area contributed by atoms with Crippen LogP contribution in [0.3, 0.4) is 0 Å². The molecule has 0 unspecified atom stereocenters. The van der Waals surface area contributed by atoms with Gasteiger partial charge in [-0.15, -0.1) is 11.6 Å². The van der Waals surface area contributed by atoms with Crippen molar-refractivity contribution in [1.29, 1.82) is 0 Å². The van der Waals surface area contributed by atoms with Gasteiger partial charge in [0, 0.05) is 0 Å². The van der Waals surface area contributed by atoms with Crippen LogP contribution in [0.25, 0.3) is 0 Å². The van der Waals surface area contributed by atoms with Crippen LogP contribution in [0.5, 0.6) is 0 Å². The second-order valence-corrected chi connectivity index (χ2v) is 6.48. The van der Waals surface area contributed by atoms with Gasteiger partial charge in [0.1, 0.15) is 31.1 Å². The van der Waals surface area contributed by atoms with Crippen molar-refractivity contribution in [1.82, 2.24) is 21.1 Å². The number of carbonyl (C=O) groups is 5. The van der Waals surface area contributed by atoms with Crippen molar-refractivity contribution in [3.8, 4) is 0 Å². The van der Waals surface area contributed by atoms with Crippen molar-refractivity contribution in [2.75, 3.05) is 12.4 Å². The number of carbonyl (C=O) groups excluding carboxylic acids is 5. The highest BCUT2D eigenvalue weighted by Gasteiger charge is 2.24. The molecule has 0 heterocycles. The number of nitrogens with zero attached hydrogens (tertiary/aromatic N) is 1. The van der Waals surface area contributed by atoms with Gasteiger partial charge in [-0.3, -0.25) is 24.6 Å². The molecule has 0 radical (unpaired) electrons. The fourth-order valence-corrected chi connectivity index (χ4v) is 2.20. The number of hydrogen-bond acceptors (Lipinski definition) is 6. The monoisotopic (exact) mass is 441 g/mol. The maximum Gasteiger partial charge on any atom is 0.408 e. The first-order chi connectivity index (χ1) is 14.1. The molecule has 11 nitrogen and oxygen atoms in total. The Morgan fingerprint density at radius 1 is 1.03 bits per heavy atom. The molecule has 12 heteroatoms. The van der Waals surface area contributed by atoms with Gasteiger partial charge in [-0.05, 0) is 19.4 Å². The lowest BCUT2D eigenvalue weighted by molar-refractivity contribution is -0.143. The van der Waals surface area contributed by atoms with Crippen molar-refractivity contribution < 1.29 is 28.7 Å². The molecular formula is C18H24ClN5O6. The SMILES string of the molecule is C[C@H](NC(=O)OCc1ccccc1)C(=O)N[C@@H](C)C(=O)NN(CC(N)=O)C(=O)CCl. The highest BCUT2D eigenvalue weighted by molar-refractivity contribution is 6.27. The molecule has 5 amide bonds. The third-order valence-electron chi connectivity index (χ3n) is 3.67. The van der Waals surface area contributed by atoms with E-state index >= 15 is 0 Å². The molecule has 0 saturated heterocycles. The second kappa shape index (κ2) is 12.3. The summed E-state index contributed by atoms with van der Waals surface area (Å²) >= 11 is 5.42. The Morgan fingerprint density at radius 3 is 2.20 bits per heavy atom. The van der Waals surface area contributed by atoms with E-state index in [0.29, 0.717) is 5.01 Å². The molecule has 0 spiro atoms. The summed E-state index contributed by atoms with van der Waals surface area (Å²) in [6.45, 7) is 2.20. The number of hydrogen-bond donors (Lipinski definition) is 4. The number of benzene rings is 1. The minimum Gasteiger partial charge on any atom is -0.445 e. The fraction of sp³-hybridized carbons (Fsp3) is 0.389. The highest BCUT2D eigenvalue weighted by atomic mass is 35.5. The van der Waals surface area contributed by atoms with Gasteiger partial charge in [0.05, 0.1) is 0 Å². The summed E-state index contributed by atoms with van der Waals surface area (Å²) in [4.78, 5) is 58.8. The molecule has 2 atom stereocenters. The number of alkyl carbamates (subject to hydrolysis) is 1. The van der Waals surface area contributed by atoms with E-state index < -0.39 is 54.2 Å². The van der Waals surface area contributed by atoms with Crippen molar-refractivity contribution in [2.24, 2.45) is 5.73 Å². The number of hydrazine groups is 1. The lowest BCUT2D eigenvalue weighted by Gasteiger charge is -2.24. The zero-order valence-electron chi connectivity index (χ0n) is 16.5. The standard InChI is InChI=1S/C18H24ClN5O6/c1-11(22-18(29)30-10-13-6-4-3-5-7-13)16(27)21-12(2)17(28)23-24(9-14(20)25)15(26)8-19/h3-7,11-12H,8-10H2,1-2H3,(H2,20,25)(H,21,27)(H,22,29)(H,23,28)/t11-,12-/m0/s1. The summed E-state index contributed by atoms with van der Waals surface area (Å²) < 4.78 is 5.02. The lowest BCUT2D eigenvalue weighted by Crippen LogP contribution is -2.57. The van der Waals surface area contributed by atoms with Crippen molar-refractivity contribution in [3.63, 3.8) is 0 Å². The number of nitrogens with two attached hydrogens (primary N) is 1. The predicted octanol–water partition coefficient (Wildman–Crippen LogP) is -0.610. The van der Waals surface area contributed by atoms with E-state index in [4.69, 9.17) is 22.1 Å². The maximum atomic E-state index is 12.2. The third kappa shape index (κ3) is 8.78. The van der Waals surface area contributed by atoms with Crippen molar-refractivity contribution in [2.45, 2.75) is 32.5 Å². The van der Waals surface area contributed by atoms with Crippen LogP contribution in [-0.4, -0.2) is 59.2 Å². The molecule has 164 valence electrons. The average Bonchev–Trinajstić information content (AvgIpc) is 2.71. The molecule has 5 N–H and O–H groups in total. The van der Waals surface area contributed by atoms with Crippen LogP contribution in [0, 0.1) is 0 Å². The summed E-state index contributed by atoms with van der Waals surface area (Å²) in [5, 5.41) is 5.36. The number of primary amides is 1. The topological polar surface area (TPSA) is 160 Å². The Morgan fingerprint density at radius 2 is 1.63 bits per heavy atom. The zero-order valence-corrected chi connectivity index (χ0v) is 17.3. The fourth-order valence-electron chi connectivity index (χ4n) is 2.06. The molecule has 1 rings (SSSR count). The third-order valence-corrected chi connectivity index (χ3v) is 3.90. The Bertz CT molecular complexity index is 776. The van der Waals surface area contributed by atoms with Gasteiger partial charge in [-0.2, -0.15) is 0 Å². The normalized spacial score (nSPS) is 12.1. The molecule has 0 aliphatic carbocycles. The van der Waals surface area contributed by atoms with Crippen LogP contribution in [-0.2, 0) is 30.5 Å². The van der Waals surface area contributed by atoms with Crippen molar-refractivity contribution >= 4 is 41.3 Å². The first-order valence-electron chi connectivity index (χ1n) is 8.86. The van der Waals surface area contributed by atoms with Gasteiger partial charge in [-0.25, -0.2) is 9.80 Å². The van der Waals surface area contributed by atoms with Gasteiger partial charge in [-0.1, -0.05) is 30.3 Å². The lowest BCUT2D eigenvalue weighted by atomic mass is 10.2. The molecule has 30 heavy (non-hydrogen) atoms. The molecule has 0 aliphatic heterocycles. The Kier molecular flexibility index (Phi) is 10.1. The van der Waals surface area contributed by atoms with E-state index in [2.05, 4.69) is 16.1 Å². The van der Waals surface area contributed by atoms with E-state index in [9.17, 15) is 24.0 Å². The molecule has 0 aliphatic rings. The summed E-state index contributed by atoms with van der Waals surface area (Å²) in [6.07, 6.45) is -0.807. The number of nitrogens with one attached hydrogen (secondary N) is 3. The highest BCUT2D eigenvalue weighted by Crippen LogP contribution is 2.01. The van der Waals surface area contributed by atoms with E-state index in [-0.39, 0.29) is 6.61 Å². The molecular weight excluding hydrogens is 418 g/mol. The maximum absolute atomic E-state index is 12.2. The van der Waals surface area contributed by atoms with E-state index in [1.807, 2.05) is 6.07 Å². The minimum absolute atomic E-state index is 0.0319. The summed E-state index contributed by atoms with van der Waals surface area (Å²) in [5.74, 6) is -3.56. The predicted molar refractivity (Wildman–Crippen MR) is 107 cm³/mol. The molecule has 1 aromatic rings. The van der Waals surface area contributed by atoms with Gasteiger partial charge >= 0.3 is 6.09 Å². The number of alkyl halides is 1. The van der Waals surface area contributed by atoms with Crippen LogP contribution in [0.2, 0.25) is 0 Å². The summed E-state index contributed by atoms with van der Waals surface area (Å²) in [5.41, 5.74) is 7.95. The van der Waals surface area contributed by atoms with Crippen molar-refractivity contribution in [3.05, 3.63) is 35.9 Å². The second-order valence-electron chi connectivity index (χ2n) is 6.21. The first-order valence-corrected chi connectivity index (χ1v) is 9.40.